The van der Waals surface area contributed by atoms with Crippen molar-refractivity contribution in [1.29, 1.82) is 0 Å². The minimum atomic E-state index is -1.34. The molecule has 2 saturated heterocycles. The van der Waals surface area contributed by atoms with Gasteiger partial charge in [-0.05, 0) is 94.6 Å². The van der Waals surface area contributed by atoms with E-state index in [-0.39, 0.29) is 42.9 Å². The molecule has 4 aliphatic heterocycles. The molecule has 1 unspecified atom stereocenters. The lowest BCUT2D eigenvalue weighted by Gasteiger charge is -2.44. The van der Waals surface area contributed by atoms with Crippen molar-refractivity contribution >= 4 is 12.2 Å². The van der Waals surface area contributed by atoms with Crippen LogP contribution in [0.1, 0.15) is 108 Å². The lowest BCUT2D eigenvalue weighted by atomic mass is 9.79. The molecule has 11 atom stereocenters. The summed E-state index contributed by atoms with van der Waals surface area (Å²) in [6.45, 7) is 6.22. The largest absolute Gasteiger partial charge is 0.481 e. The van der Waals surface area contributed by atoms with Gasteiger partial charge < -0.3 is 36.6 Å². The Morgan fingerprint density at radius 3 is 2.73 bits per heavy atom. The summed E-state index contributed by atoms with van der Waals surface area (Å²) in [5.74, 6) is 7.06. The van der Waals surface area contributed by atoms with Crippen LogP contribution in [-0.2, 0) is 17.6 Å². The van der Waals surface area contributed by atoms with Gasteiger partial charge in [-0.1, -0.05) is 42.9 Å². The molecule has 9 N–H and O–H groups in total. The number of carboxylic acid groups (broad SMARTS) is 1. The average molecular weight is 678 g/mol. The molecule has 0 spiro atoms. The number of benzene rings is 1. The number of carbonyl (C=O) groups is 1. The lowest BCUT2D eigenvalue weighted by molar-refractivity contribution is -0.914. The van der Waals surface area contributed by atoms with Gasteiger partial charge in [0.2, 0.25) is 0 Å². The Morgan fingerprint density at radius 2 is 1.96 bits per heavy atom. The summed E-state index contributed by atoms with van der Waals surface area (Å²) in [6.07, 6.45) is 12.7. The molecular weight excluding hydrogens is 616 g/mol. The maximum Gasteiger partial charge on any atom is 0.306 e. The minimum Gasteiger partial charge on any atom is -0.481 e. The first-order valence-corrected chi connectivity index (χ1v) is 19.0. The minimum absolute atomic E-state index is 0.0845. The first-order valence-electron chi connectivity index (χ1n) is 19.0. The number of aliphatic hydroxyl groups excluding tert-OH is 1. The van der Waals surface area contributed by atoms with Gasteiger partial charge in [0.15, 0.2) is 6.67 Å². The number of hydrogen-bond donors (Lipinski definition) is 8. The first-order chi connectivity index (χ1) is 23.5. The number of piperidine rings is 2. The molecule has 0 aromatic heterocycles. The molecular formula is C39H61N6O4+. The molecule has 5 aliphatic rings. The van der Waals surface area contributed by atoms with Gasteiger partial charge in [-0.25, -0.2) is 4.99 Å². The van der Waals surface area contributed by atoms with Crippen molar-refractivity contribution in [2.24, 2.45) is 22.6 Å². The Kier molecular flexibility index (Phi) is 11.8. The van der Waals surface area contributed by atoms with E-state index in [1.54, 1.807) is 0 Å². The number of nitrogens with one attached hydrogen (secondary N) is 4. The summed E-state index contributed by atoms with van der Waals surface area (Å²) in [5.41, 5.74) is 8.68. The van der Waals surface area contributed by atoms with Crippen molar-refractivity contribution in [3.05, 3.63) is 34.9 Å². The molecule has 270 valence electrons. The molecule has 0 amide bonds. The van der Waals surface area contributed by atoms with E-state index in [2.05, 4.69) is 64.8 Å². The number of nitrogens with two attached hydrogens (primary N) is 1. The van der Waals surface area contributed by atoms with Crippen LogP contribution in [0.25, 0.3) is 0 Å². The highest BCUT2D eigenvalue weighted by atomic mass is 16.4. The van der Waals surface area contributed by atoms with E-state index < -0.39 is 11.6 Å². The van der Waals surface area contributed by atoms with Gasteiger partial charge >= 0.3 is 5.97 Å². The van der Waals surface area contributed by atoms with Crippen LogP contribution >= 0.6 is 0 Å². The van der Waals surface area contributed by atoms with Crippen LogP contribution < -0.4 is 26.6 Å². The number of fused-ring (bicyclic) bond motifs is 4. The third kappa shape index (κ3) is 9.50. The van der Waals surface area contributed by atoms with E-state index in [4.69, 9.17) is 5.73 Å². The Balaban J connectivity index is 1.28. The predicted molar refractivity (Wildman–Crippen MR) is 192 cm³/mol. The molecule has 1 aromatic carbocycles. The van der Waals surface area contributed by atoms with Gasteiger partial charge in [-0.15, -0.1) is 0 Å². The molecule has 2 fully saturated rings. The van der Waals surface area contributed by atoms with Crippen molar-refractivity contribution in [2.75, 3.05) is 19.8 Å². The molecule has 49 heavy (non-hydrogen) atoms. The number of nitrogens with zero attached hydrogens (tertiary/aromatic N) is 1. The number of hydrogen-bond acceptors (Lipinski definition) is 8. The first kappa shape index (κ1) is 36.4. The number of quaternary nitrogens is 1. The average Bonchev–Trinajstić information content (AvgIpc) is 3.56. The summed E-state index contributed by atoms with van der Waals surface area (Å²) < 4.78 is 0. The van der Waals surface area contributed by atoms with E-state index in [9.17, 15) is 20.1 Å². The molecule has 0 radical (unpaired) electrons. The lowest BCUT2D eigenvalue weighted by Crippen LogP contribution is -3.16. The van der Waals surface area contributed by atoms with E-state index >= 15 is 0 Å². The van der Waals surface area contributed by atoms with Crippen LogP contribution in [0.5, 0.6) is 0 Å². The van der Waals surface area contributed by atoms with Crippen molar-refractivity contribution in [2.45, 2.75) is 151 Å². The Bertz CT molecular complexity index is 1390. The standard InChI is InChI=1S/C39H60N6O4/c1-26-35(46)20-34(45-17-16-41-25-45)33(43-26)13-12-28-8-3-6-27-7-4-11-32-29(18-28)9-5-10-30(32)19-31-21-38(2,22-36(40)44-31)42-24-39(49,15-14-27)23-37(47)48/h5,9-10,16,26-28,31,33-36,42-44,46,49H,3,6-8,12-15,17-25,40H2,1-2H3,(H,47,48)/p+1/t26-,27+,28+,31-,33+,34-,35+,36+,38-,39+/m0/s1. The van der Waals surface area contributed by atoms with Crippen LogP contribution in [0.4, 0.5) is 0 Å². The third-order valence-electron chi connectivity index (χ3n) is 12.4. The molecule has 4 bridgehead atoms. The normalized spacial score (nSPS) is 40.1. The van der Waals surface area contributed by atoms with Crippen LogP contribution in [0.3, 0.4) is 0 Å². The maximum absolute atomic E-state index is 11.9. The number of aliphatic hydroxyl groups is 2. The van der Waals surface area contributed by atoms with Crippen molar-refractivity contribution in [3.63, 3.8) is 0 Å². The highest BCUT2D eigenvalue weighted by Gasteiger charge is 2.41. The fourth-order valence-corrected chi connectivity index (χ4v) is 9.63. The second-order valence-electron chi connectivity index (χ2n) is 16.6. The summed E-state index contributed by atoms with van der Waals surface area (Å²) in [5, 5.41) is 43.3. The fraction of sp³-hybridized carbons (Fsp3) is 0.744. The van der Waals surface area contributed by atoms with Gasteiger partial charge in [-0.2, -0.15) is 0 Å². The molecule has 10 heteroatoms. The van der Waals surface area contributed by atoms with Gasteiger partial charge in [0.1, 0.15) is 12.6 Å². The number of aliphatic imine (C=N–C) groups is 1. The van der Waals surface area contributed by atoms with Crippen molar-refractivity contribution in [1.82, 2.24) is 16.0 Å². The molecule has 1 aliphatic carbocycles. The molecule has 4 heterocycles. The van der Waals surface area contributed by atoms with E-state index in [1.807, 2.05) is 6.21 Å². The molecule has 6 rings (SSSR count). The highest BCUT2D eigenvalue weighted by molar-refractivity contribution is 5.68. The maximum atomic E-state index is 11.9. The summed E-state index contributed by atoms with van der Waals surface area (Å²) in [4.78, 5) is 17.9. The van der Waals surface area contributed by atoms with Crippen LogP contribution in [0, 0.1) is 23.7 Å². The predicted octanol–water partition coefficient (Wildman–Crippen LogP) is 1.50. The number of β-amino-alcohol motifs (C(OH)–C–C–N with tert-alkyl or cyclic N) is 1. The number of rotatable bonds is 6. The number of aliphatic carboxylic acids is 1. The molecule has 0 saturated carbocycles. The number of carboxylic acids is 1. The van der Waals surface area contributed by atoms with E-state index in [0.717, 1.165) is 83.8 Å². The van der Waals surface area contributed by atoms with Crippen LogP contribution in [0.2, 0.25) is 0 Å². The van der Waals surface area contributed by atoms with Crippen molar-refractivity contribution < 1.29 is 25.0 Å². The Morgan fingerprint density at radius 1 is 1.14 bits per heavy atom. The fourth-order valence-electron chi connectivity index (χ4n) is 9.63. The zero-order valence-electron chi connectivity index (χ0n) is 29.7. The van der Waals surface area contributed by atoms with E-state index in [0.29, 0.717) is 36.8 Å². The van der Waals surface area contributed by atoms with Gasteiger partial charge in [0, 0.05) is 42.6 Å². The molecule has 10 nitrogen and oxygen atoms in total. The summed E-state index contributed by atoms with van der Waals surface area (Å²) >= 11 is 0. The zero-order valence-corrected chi connectivity index (χ0v) is 29.7. The SMILES string of the molecule is C[C@@H]1N[C@H](CC[C@H]2CCC[C@@H]3CC#Cc4c(cccc4C[C@H]4C[C@@](C)(C[C@H](N)N4)NC[C@](O)(CC(=O)O)CC3)C2)[C@@H]([NH+]2CC=NC2)C[C@H]1O. The Hall–Kier alpha value is -2.36. The van der Waals surface area contributed by atoms with Gasteiger partial charge in [0.05, 0.1) is 36.5 Å². The van der Waals surface area contributed by atoms with Crippen LogP contribution in [-0.4, -0.2) is 94.8 Å². The third-order valence-corrected chi connectivity index (χ3v) is 12.4. The van der Waals surface area contributed by atoms with Crippen molar-refractivity contribution in [3.8, 4) is 11.8 Å². The molecule has 1 aromatic rings. The summed E-state index contributed by atoms with van der Waals surface area (Å²) in [6, 6.07) is 7.62. The summed E-state index contributed by atoms with van der Waals surface area (Å²) in [7, 11) is 0. The highest BCUT2D eigenvalue weighted by Crippen LogP contribution is 2.33. The Labute approximate surface area is 293 Å². The topological polar surface area (TPSA) is 157 Å². The smallest absolute Gasteiger partial charge is 0.306 e. The zero-order chi connectivity index (χ0) is 34.6. The quantitative estimate of drug-likeness (QED) is 0.211. The monoisotopic (exact) mass is 677 g/mol. The van der Waals surface area contributed by atoms with Crippen LogP contribution in [0.15, 0.2) is 23.2 Å². The second-order valence-corrected chi connectivity index (χ2v) is 16.6. The van der Waals surface area contributed by atoms with Gasteiger partial charge in [0.25, 0.3) is 0 Å². The van der Waals surface area contributed by atoms with E-state index in [1.165, 1.54) is 21.6 Å². The van der Waals surface area contributed by atoms with Gasteiger partial charge in [-0.3, -0.25) is 10.1 Å². The second kappa shape index (κ2) is 15.9.